The van der Waals surface area contributed by atoms with Gasteiger partial charge in [-0.25, -0.2) is 0 Å². The van der Waals surface area contributed by atoms with Crippen LogP contribution in [0.3, 0.4) is 0 Å². The molecule has 0 N–H and O–H groups in total. The summed E-state index contributed by atoms with van der Waals surface area (Å²) in [6.07, 6.45) is 8.33. The van der Waals surface area contributed by atoms with Crippen molar-refractivity contribution in [1.29, 1.82) is 0 Å². The second-order valence-corrected chi connectivity index (χ2v) is 8.03. The largest absolute Gasteiger partial charge is 0.0763 e. The van der Waals surface area contributed by atoms with Crippen LogP contribution >= 0.6 is 0 Å². The topological polar surface area (TPSA) is 0 Å². The van der Waals surface area contributed by atoms with Crippen LogP contribution in [0, 0.1) is 16.2 Å². The molecule has 0 radical (unpaired) electrons. The number of benzene rings is 1. The average molecular weight is 268 g/mol. The van der Waals surface area contributed by atoms with Crippen LogP contribution in [-0.4, -0.2) is 0 Å². The fourth-order valence-corrected chi connectivity index (χ4v) is 3.72. The number of rotatable bonds is 1. The lowest BCUT2D eigenvalue weighted by atomic mass is 9.51. The average Bonchev–Trinajstić information content (AvgIpc) is 2.37. The molecule has 0 atom stereocenters. The molecule has 0 amide bonds. The van der Waals surface area contributed by atoms with E-state index < -0.39 is 0 Å². The highest BCUT2D eigenvalue weighted by atomic mass is 14.5. The van der Waals surface area contributed by atoms with Crippen molar-refractivity contribution in [3.05, 3.63) is 54.1 Å². The van der Waals surface area contributed by atoms with Crippen molar-refractivity contribution in [2.45, 2.75) is 48.0 Å². The summed E-state index contributed by atoms with van der Waals surface area (Å²) in [5.74, 6) is 0. The Bertz CT molecular complexity index is 501. The fraction of sp³-hybridized carbons (Fsp3) is 0.500. The van der Waals surface area contributed by atoms with Crippen molar-refractivity contribution >= 4 is 5.57 Å². The van der Waals surface area contributed by atoms with E-state index in [1.54, 1.807) is 0 Å². The molecule has 0 unspecified atom stereocenters. The highest BCUT2D eigenvalue weighted by Gasteiger charge is 2.48. The summed E-state index contributed by atoms with van der Waals surface area (Å²) in [6, 6.07) is 10.7. The van der Waals surface area contributed by atoms with Crippen LogP contribution in [0.4, 0.5) is 0 Å². The fourth-order valence-electron chi connectivity index (χ4n) is 3.72. The lowest BCUT2D eigenvalue weighted by Gasteiger charge is -2.53. The molecule has 108 valence electrons. The monoisotopic (exact) mass is 268 g/mol. The first-order valence-corrected chi connectivity index (χ1v) is 7.62. The maximum Gasteiger partial charge on any atom is 0.00168 e. The number of hydrogen-bond acceptors (Lipinski definition) is 0. The quantitative estimate of drug-likeness (QED) is 0.576. The maximum absolute atomic E-state index is 2.47. The molecule has 0 aliphatic heterocycles. The van der Waals surface area contributed by atoms with Gasteiger partial charge in [-0.1, -0.05) is 90.1 Å². The number of allylic oxidation sites excluding steroid dienone is 4. The number of hydrogen-bond donors (Lipinski definition) is 0. The first-order chi connectivity index (χ1) is 9.17. The third-order valence-electron chi connectivity index (χ3n) is 4.98. The van der Waals surface area contributed by atoms with E-state index in [9.17, 15) is 0 Å². The molecule has 0 fully saturated rings. The molecular weight excluding hydrogens is 240 g/mol. The summed E-state index contributed by atoms with van der Waals surface area (Å²) in [4.78, 5) is 0. The van der Waals surface area contributed by atoms with Crippen molar-refractivity contribution in [2.75, 3.05) is 0 Å². The minimum Gasteiger partial charge on any atom is -0.0763 e. The molecule has 1 aromatic carbocycles. The minimum absolute atomic E-state index is 0.207. The van der Waals surface area contributed by atoms with E-state index in [1.807, 2.05) is 0 Å². The third-order valence-corrected chi connectivity index (χ3v) is 4.98. The van der Waals surface area contributed by atoms with Gasteiger partial charge in [0.1, 0.15) is 0 Å². The van der Waals surface area contributed by atoms with Crippen LogP contribution in [0.2, 0.25) is 0 Å². The maximum atomic E-state index is 2.47. The highest BCUT2D eigenvalue weighted by Crippen LogP contribution is 2.57. The van der Waals surface area contributed by atoms with Crippen molar-refractivity contribution in [1.82, 2.24) is 0 Å². The molecule has 20 heavy (non-hydrogen) atoms. The first-order valence-electron chi connectivity index (χ1n) is 7.62. The van der Waals surface area contributed by atoms with Gasteiger partial charge in [0.15, 0.2) is 0 Å². The second-order valence-electron chi connectivity index (χ2n) is 8.03. The molecule has 0 heteroatoms. The zero-order valence-electron chi connectivity index (χ0n) is 13.8. The Balaban J connectivity index is 2.38. The standard InChI is InChI=1S/C20H28/c1-18(2,3)20(19(4,5)6)14-12-17(13-15-20)16-10-8-7-9-11-16/h7-14H,15H2,1-6H3. The molecule has 1 aliphatic rings. The summed E-state index contributed by atoms with van der Waals surface area (Å²) in [5.41, 5.74) is 3.38. The summed E-state index contributed by atoms with van der Waals surface area (Å²) in [7, 11) is 0. The normalized spacial score (nSPS) is 18.8. The van der Waals surface area contributed by atoms with Crippen LogP contribution in [-0.2, 0) is 0 Å². The van der Waals surface area contributed by atoms with Gasteiger partial charge in [0.2, 0.25) is 0 Å². The van der Waals surface area contributed by atoms with Crippen LogP contribution in [0.1, 0.15) is 53.5 Å². The van der Waals surface area contributed by atoms with E-state index >= 15 is 0 Å². The lowest BCUT2D eigenvalue weighted by Crippen LogP contribution is -2.45. The molecule has 0 spiro atoms. The van der Waals surface area contributed by atoms with E-state index in [0.29, 0.717) is 0 Å². The van der Waals surface area contributed by atoms with Gasteiger partial charge in [0, 0.05) is 5.41 Å². The zero-order valence-corrected chi connectivity index (χ0v) is 13.8. The Morgan fingerprint density at radius 3 is 1.80 bits per heavy atom. The molecule has 1 aliphatic carbocycles. The summed E-state index contributed by atoms with van der Waals surface area (Å²) in [5, 5.41) is 0. The summed E-state index contributed by atoms with van der Waals surface area (Å²) >= 11 is 0. The van der Waals surface area contributed by atoms with E-state index in [-0.39, 0.29) is 16.2 Å². The molecule has 0 saturated carbocycles. The van der Waals surface area contributed by atoms with Gasteiger partial charge in [0.25, 0.3) is 0 Å². The van der Waals surface area contributed by atoms with Gasteiger partial charge in [-0.05, 0) is 28.4 Å². The lowest BCUT2D eigenvalue weighted by molar-refractivity contribution is 0.0194. The Labute approximate surface area is 124 Å². The molecular formula is C20H28. The Morgan fingerprint density at radius 2 is 1.40 bits per heavy atom. The SMILES string of the molecule is CC(C)(C)C1(C(C)(C)C)C=CC(c2ccccc2)=CC1. The second kappa shape index (κ2) is 4.91. The van der Waals surface area contributed by atoms with Gasteiger partial charge in [0.05, 0.1) is 0 Å². The Hall–Kier alpha value is -1.30. The van der Waals surface area contributed by atoms with Crippen molar-refractivity contribution in [3.63, 3.8) is 0 Å². The predicted molar refractivity (Wildman–Crippen MR) is 89.5 cm³/mol. The van der Waals surface area contributed by atoms with Gasteiger partial charge < -0.3 is 0 Å². The molecule has 0 bridgehead atoms. The van der Waals surface area contributed by atoms with Crippen LogP contribution in [0.25, 0.3) is 5.57 Å². The van der Waals surface area contributed by atoms with E-state index in [0.717, 1.165) is 6.42 Å². The van der Waals surface area contributed by atoms with Crippen LogP contribution in [0.15, 0.2) is 48.6 Å². The van der Waals surface area contributed by atoms with Crippen molar-refractivity contribution < 1.29 is 0 Å². The van der Waals surface area contributed by atoms with E-state index in [4.69, 9.17) is 0 Å². The molecule has 0 saturated heterocycles. The Kier molecular flexibility index (Phi) is 3.71. The van der Waals surface area contributed by atoms with Gasteiger partial charge in [-0.3, -0.25) is 0 Å². The molecule has 0 heterocycles. The smallest absolute Gasteiger partial charge is 0.00168 e. The van der Waals surface area contributed by atoms with E-state index in [2.05, 4.69) is 90.1 Å². The van der Waals surface area contributed by atoms with Gasteiger partial charge >= 0.3 is 0 Å². The molecule has 0 aromatic heterocycles. The Morgan fingerprint density at radius 1 is 0.850 bits per heavy atom. The summed E-state index contributed by atoms with van der Waals surface area (Å²) < 4.78 is 0. The van der Waals surface area contributed by atoms with Gasteiger partial charge in [-0.15, -0.1) is 0 Å². The van der Waals surface area contributed by atoms with E-state index in [1.165, 1.54) is 11.1 Å². The zero-order chi connectivity index (χ0) is 15.0. The minimum atomic E-state index is 0.207. The van der Waals surface area contributed by atoms with Crippen LogP contribution in [0.5, 0.6) is 0 Å². The first kappa shape index (κ1) is 15.1. The third kappa shape index (κ3) is 2.49. The molecule has 1 aromatic rings. The van der Waals surface area contributed by atoms with Gasteiger partial charge in [-0.2, -0.15) is 0 Å². The predicted octanol–water partition coefficient (Wildman–Crippen LogP) is 6.11. The van der Waals surface area contributed by atoms with Crippen LogP contribution < -0.4 is 0 Å². The van der Waals surface area contributed by atoms with Crippen molar-refractivity contribution in [3.8, 4) is 0 Å². The molecule has 2 rings (SSSR count). The molecule has 0 nitrogen and oxygen atoms in total. The van der Waals surface area contributed by atoms with Crippen molar-refractivity contribution in [2.24, 2.45) is 16.2 Å². The summed E-state index contributed by atoms with van der Waals surface area (Å²) in [6.45, 7) is 14.2. The highest BCUT2D eigenvalue weighted by molar-refractivity contribution is 5.75.